The van der Waals surface area contributed by atoms with Gasteiger partial charge in [0, 0.05) is 25.5 Å². The van der Waals surface area contributed by atoms with Crippen molar-refractivity contribution in [1.82, 2.24) is 15.6 Å². The molecule has 17 heavy (non-hydrogen) atoms. The summed E-state index contributed by atoms with van der Waals surface area (Å²) in [5.41, 5.74) is 0.825. The van der Waals surface area contributed by atoms with Crippen LogP contribution in [0, 0.1) is 5.41 Å². The first-order chi connectivity index (χ1) is 8.21. The minimum Gasteiger partial charge on any atom is -0.352 e. The molecule has 1 aliphatic rings. The van der Waals surface area contributed by atoms with Gasteiger partial charge in [0.05, 0.1) is 5.41 Å². The number of nitrogens with one attached hydrogen (secondary N) is 2. The lowest BCUT2D eigenvalue weighted by molar-refractivity contribution is -0.131. The third-order valence-corrected chi connectivity index (χ3v) is 3.35. The number of amides is 1. The molecule has 1 aromatic rings. The first-order valence-corrected chi connectivity index (χ1v) is 6.09. The molecule has 1 saturated heterocycles. The Bertz CT molecular complexity index is 372. The number of hydrogen-bond acceptors (Lipinski definition) is 3. The van der Waals surface area contributed by atoms with Crippen LogP contribution in [0.1, 0.15) is 25.3 Å². The number of rotatable bonds is 3. The molecule has 1 atom stereocenters. The molecule has 2 heterocycles. The molecule has 2 rings (SSSR count). The summed E-state index contributed by atoms with van der Waals surface area (Å²) >= 11 is 0. The van der Waals surface area contributed by atoms with Crippen LogP contribution in [0.5, 0.6) is 0 Å². The second-order valence-electron chi connectivity index (χ2n) is 4.88. The van der Waals surface area contributed by atoms with Gasteiger partial charge in [-0.05, 0) is 44.0 Å². The highest BCUT2D eigenvalue weighted by Gasteiger charge is 2.34. The van der Waals surface area contributed by atoms with Crippen molar-refractivity contribution >= 4 is 5.91 Å². The van der Waals surface area contributed by atoms with Crippen molar-refractivity contribution in [2.45, 2.75) is 26.3 Å². The van der Waals surface area contributed by atoms with Crippen molar-refractivity contribution in [3.63, 3.8) is 0 Å². The van der Waals surface area contributed by atoms with Gasteiger partial charge in [0.15, 0.2) is 0 Å². The average Bonchev–Trinajstić information content (AvgIpc) is 2.38. The van der Waals surface area contributed by atoms with Gasteiger partial charge in [0.1, 0.15) is 0 Å². The highest BCUT2D eigenvalue weighted by molar-refractivity contribution is 5.82. The van der Waals surface area contributed by atoms with Gasteiger partial charge in [-0.15, -0.1) is 0 Å². The molecule has 1 aliphatic heterocycles. The smallest absolute Gasteiger partial charge is 0.227 e. The van der Waals surface area contributed by atoms with Crippen molar-refractivity contribution in [1.29, 1.82) is 0 Å². The van der Waals surface area contributed by atoms with Gasteiger partial charge in [0.2, 0.25) is 5.91 Å². The molecule has 0 aliphatic carbocycles. The van der Waals surface area contributed by atoms with E-state index in [1.54, 1.807) is 12.4 Å². The van der Waals surface area contributed by atoms with Gasteiger partial charge in [-0.2, -0.15) is 0 Å². The fourth-order valence-corrected chi connectivity index (χ4v) is 2.15. The highest BCUT2D eigenvalue weighted by atomic mass is 16.2. The van der Waals surface area contributed by atoms with Crippen molar-refractivity contribution < 1.29 is 4.79 Å². The van der Waals surface area contributed by atoms with E-state index in [9.17, 15) is 4.79 Å². The van der Waals surface area contributed by atoms with E-state index in [1.807, 2.05) is 19.1 Å². The lowest BCUT2D eigenvalue weighted by atomic mass is 9.82. The van der Waals surface area contributed by atoms with E-state index >= 15 is 0 Å². The maximum atomic E-state index is 12.1. The van der Waals surface area contributed by atoms with Crippen LogP contribution < -0.4 is 10.6 Å². The van der Waals surface area contributed by atoms with E-state index in [1.165, 1.54) is 0 Å². The van der Waals surface area contributed by atoms with Crippen molar-refractivity contribution in [3.8, 4) is 0 Å². The number of carbonyl (C=O) groups excluding carboxylic acids is 1. The summed E-state index contributed by atoms with van der Waals surface area (Å²) in [7, 11) is 0. The van der Waals surface area contributed by atoms with Crippen LogP contribution in [-0.4, -0.2) is 24.0 Å². The Kier molecular flexibility index (Phi) is 3.74. The molecule has 0 radical (unpaired) electrons. The van der Waals surface area contributed by atoms with E-state index in [4.69, 9.17) is 0 Å². The van der Waals surface area contributed by atoms with Crippen LogP contribution in [0.15, 0.2) is 24.5 Å². The van der Waals surface area contributed by atoms with Crippen LogP contribution in [0.3, 0.4) is 0 Å². The van der Waals surface area contributed by atoms with Gasteiger partial charge in [-0.3, -0.25) is 9.78 Å². The summed E-state index contributed by atoms with van der Waals surface area (Å²) in [6, 6.07) is 3.84. The van der Waals surface area contributed by atoms with Gasteiger partial charge in [-0.1, -0.05) is 0 Å². The summed E-state index contributed by atoms with van der Waals surface area (Å²) in [5, 5.41) is 6.29. The minimum absolute atomic E-state index is 0.140. The molecule has 0 bridgehead atoms. The average molecular weight is 233 g/mol. The van der Waals surface area contributed by atoms with E-state index in [-0.39, 0.29) is 11.3 Å². The number of pyridine rings is 1. The van der Waals surface area contributed by atoms with E-state index in [2.05, 4.69) is 15.6 Å². The fraction of sp³-hybridized carbons (Fsp3) is 0.538. The first kappa shape index (κ1) is 12.0. The normalized spacial score (nSPS) is 24.3. The third kappa shape index (κ3) is 3.03. The predicted molar refractivity (Wildman–Crippen MR) is 66.3 cm³/mol. The molecule has 4 nitrogen and oxygen atoms in total. The summed E-state index contributed by atoms with van der Waals surface area (Å²) in [6.07, 6.45) is 5.51. The third-order valence-electron chi connectivity index (χ3n) is 3.35. The molecule has 1 amide bonds. The second-order valence-corrected chi connectivity index (χ2v) is 4.88. The molecule has 2 N–H and O–H groups in total. The summed E-state index contributed by atoms with van der Waals surface area (Å²) in [5.74, 6) is 0.140. The number of piperidine rings is 1. The molecule has 4 heteroatoms. The summed E-state index contributed by atoms with van der Waals surface area (Å²) in [6.45, 7) is 4.40. The van der Waals surface area contributed by atoms with Crippen LogP contribution >= 0.6 is 0 Å². The Hall–Kier alpha value is -1.42. The van der Waals surface area contributed by atoms with Gasteiger partial charge >= 0.3 is 0 Å². The standard InChI is InChI=1S/C13H19N3O/c1-13(5-2-6-15-10-13)12(17)16-9-11-3-7-14-8-4-11/h3-4,7-8,15H,2,5-6,9-10H2,1H3,(H,16,17). The Labute approximate surface area is 102 Å². The molecule has 1 aromatic heterocycles. The molecule has 92 valence electrons. The summed E-state index contributed by atoms with van der Waals surface area (Å²) in [4.78, 5) is 16.1. The van der Waals surface area contributed by atoms with Crippen LogP contribution in [0.25, 0.3) is 0 Å². The zero-order valence-electron chi connectivity index (χ0n) is 10.2. The number of nitrogens with zero attached hydrogens (tertiary/aromatic N) is 1. The number of aromatic nitrogens is 1. The Balaban J connectivity index is 1.88. The van der Waals surface area contributed by atoms with Gasteiger partial charge < -0.3 is 10.6 Å². The van der Waals surface area contributed by atoms with E-state index in [0.717, 1.165) is 31.5 Å². The largest absolute Gasteiger partial charge is 0.352 e. The Morgan fingerprint density at radius 1 is 1.53 bits per heavy atom. The Morgan fingerprint density at radius 3 is 2.94 bits per heavy atom. The van der Waals surface area contributed by atoms with Crippen molar-refractivity contribution in [2.24, 2.45) is 5.41 Å². The molecule has 0 spiro atoms. The highest BCUT2D eigenvalue weighted by Crippen LogP contribution is 2.25. The van der Waals surface area contributed by atoms with Crippen LogP contribution in [0.4, 0.5) is 0 Å². The SMILES string of the molecule is CC1(C(=O)NCc2ccncc2)CCCNC1. The predicted octanol–water partition coefficient (Wildman–Crippen LogP) is 1.09. The quantitative estimate of drug-likeness (QED) is 0.821. The zero-order chi connectivity index (χ0) is 12.1. The Morgan fingerprint density at radius 2 is 2.29 bits per heavy atom. The molecule has 1 unspecified atom stereocenters. The fourth-order valence-electron chi connectivity index (χ4n) is 2.15. The molecular formula is C13H19N3O. The monoisotopic (exact) mass is 233 g/mol. The lowest BCUT2D eigenvalue weighted by Gasteiger charge is -2.32. The van der Waals surface area contributed by atoms with E-state index < -0.39 is 0 Å². The van der Waals surface area contributed by atoms with Crippen LogP contribution in [0.2, 0.25) is 0 Å². The topological polar surface area (TPSA) is 54.0 Å². The maximum absolute atomic E-state index is 12.1. The molecular weight excluding hydrogens is 214 g/mol. The maximum Gasteiger partial charge on any atom is 0.227 e. The second kappa shape index (κ2) is 5.27. The minimum atomic E-state index is -0.259. The van der Waals surface area contributed by atoms with Gasteiger partial charge in [0.25, 0.3) is 0 Å². The first-order valence-electron chi connectivity index (χ1n) is 6.09. The molecule has 1 fully saturated rings. The molecule has 0 saturated carbocycles. The lowest BCUT2D eigenvalue weighted by Crippen LogP contribution is -2.48. The number of hydrogen-bond donors (Lipinski definition) is 2. The van der Waals surface area contributed by atoms with E-state index in [0.29, 0.717) is 6.54 Å². The van der Waals surface area contributed by atoms with Crippen molar-refractivity contribution in [2.75, 3.05) is 13.1 Å². The van der Waals surface area contributed by atoms with Gasteiger partial charge in [-0.25, -0.2) is 0 Å². The summed E-state index contributed by atoms with van der Waals surface area (Å²) < 4.78 is 0. The zero-order valence-corrected chi connectivity index (χ0v) is 10.2. The number of carbonyl (C=O) groups is 1. The van der Waals surface area contributed by atoms with Crippen molar-refractivity contribution in [3.05, 3.63) is 30.1 Å². The molecule has 0 aromatic carbocycles. The van der Waals surface area contributed by atoms with Crippen LogP contribution in [-0.2, 0) is 11.3 Å².